The third kappa shape index (κ3) is 3.81. The van der Waals surface area contributed by atoms with E-state index in [9.17, 15) is 4.79 Å². The average Bonchev–Trinajstić information content (AvgIpc) is 3.44. The lowest BCUT2D eigenvalue weighted by Crippen LogP contribution is -2.43. The summed E-state index contributed by atoms with van der Waals surface area (Å²) in [5, 5.41) is 13.0. The van der Waals surface area contributed by atoms with Crippen molar-refractivity contribution in [3.8, 4) is 28.0 Å². The molecule has 0 saturated heterocycles. The van der Waals surface area contributed by atoms with Gasteiger partial charge in [0.15, 0.2) is 5.52 Å². The van der Waals surface area contributed by atoms with Gasteiger partial charge in [-0.05, 0) is 75.4 Å². The zero-order chi connectivity index (χ0) is 22.1. The van der Waals surface area contributed by atoms with E-state index in [1.165, 1.54) is 6.92 Å². The summed E-state index contributed by atoms with van der Waals surface area (Å²) in [7, 11) is 1.63. The van der Waals surface area contributed by atoms with Crippen molar-refractivity contribution in [3.05, 3.63) is 72.8 Å². The fourth-order valence-corrected chi connectivity index (χ4v) is 4.16. The van der Waals surface area contributed by atoms with Crippen LogP contribution >= 0.6 is 11.3 Å². The molecule has 1 N–H and O–H groups in total. The van der Waals surface area contributed by atoms with Crippen molar-refractivity contribution in [2.75, 3.05) is 12.4 Å². The van der Waals surface area contributed by atoms with E-state index in [-0.39, 0.29) is 5.91 Å². The molecule has 8 nitrogen and oxygen atoms in total. The van der Waals surface area contributed by atoms with Crippen molar-refractivity contribution in [2.24, 2.45) is 0 Å². The fourth-order valence-electron chi connectivity index (χ4n) is 3.26. The number of benzene rings is 3. The Kier molecular flexibility index (Phi) is 5.08. The first-order valence-electron chi connectivity index (χ1n) is 9.89. The molecule has 0 spiro atoms. The molecule has 0 bridgehead atoms. The minimum atomic E-state index is -0.117. The van der Waals surface area contributed by atoms with E-state index in [1.807, 2.05) is 72.8 Å². The Bertz CT molecular complexity index is 1370. The number of thiazole rings is 1. The number of carbonyl (C=O) groups is 1. The highest BCUT2D eigenvalue weighted by atomic mass is 32.1. The van der Waals surface area contributed by atoms with Crippen LogP contribution in [0.4, 0.5) is 5.69 Å². The highest BCUT2D eigenvalue weighted by Crippen LogP contribution is 2.23. The van der Waals surface area contributed by atoms with Gasteiger partial charge in [-0.3, -0.25) is 4.79 Å². The Labute approximate surface area is 187 Å². The topological polar surface area (TPSA) is 85.8 Å². The van der Waals surface area contributed by atoms with Gasteiger partial charge in [0, 0.05) is 23.3 Å². The Morgan fingerprint density at radius 3 is 2.47 bits per heavy atom. The molecule has 0 aliphatic carbocycles. The molecule has 32 heavy (non-hydrogen) atoms. The number of rotatable bonds is 5. The summed E-state index contributed by atoms with van der Waals surface area (Å²) >= 11 is 1.54. The predicted octanol–water partition coefficient (Wildman–Crippen LogP) is 3.79. The second-order valence-corrected chi connectivity index (χ2v) is 8.03. The Hall–Kier alpha value is -4.11. The molecule has 2 aromatic heterocycles. The van der Waals surface area contributed by atoms with E-state index in [2.05, 4.69) is 5.32 Å². The maximum Gasteiger partial charge on any atom is 0.365 e. The van der Waals surface area contributed by atoms with Crippen LogP contribution < -0.4 is 14.9 Å². The maximum absolute atomic E-state index is 11.3. The Morgan fingerprint density at radius 1 is 1.03 bits per heavy atom. The number of carbonyl (C=O) groups excluding carboxylic acids is 1. The van der Waals surface area contributed by atoms with Gasteiger partial charge in [0.2, 0.25) is 5.91 Å². The molecule has 5 rings (SSSR count). The molecule has 0 aliphatic rings. The number of hydrogen-bond acceptors (Lipinski definition) is 6. The molecule has 0 atom stereocenters. The van der Waals surface area contributed by atoms with Crippen LogP contribution in [-0.4, -0.2) is 33.0 Å². The summed E-state index contributed by atoms with van der Waals surface area (Å²) in [6, 6.07) is 23.0. The summed E-state index contributed by atoms with van der Waals surface area (Å²) in [6.45, 7) is 1.48. The van der Waals surface area contributed by atoms with E-state index in [1.54, 1.807) is 28.0 Å². The molecule has 9 heteroatoms. The number of amides is 1. The van der Waals surface area contributed by atoms with Crippen molar-refractivity contribution in [1.82, 2.24) is 20.0 Å². The number of para-hydroxylation sites is 1. The van der Waals surface area contributed by atoms with E-state index >= 15 is 0 Å². The fraction of sp³-hybridized carbons (Fsp3) is 0.0870. The van der Waals surface area contributed by atoms with E-state index in [0.29, 0.717) is 11.0 Å². The van der Waals surface area contributed by atoms with Gasteiger partial charge in [-0.2, -0.15) is 0 Å². The van der Waals surface area contributed by atoms with Crippen molar-refractivity contribution >= 4 is 33.1 Å². The molecule has 0 saturated carbocycles. The van der Waals surface area contributed by atoms with Crippen LogP contribution in [0.2, 0.25) is 0 Å². The molecule has 0 radical (unpaired) electrons. The zero-order valence-corrected chi connectivity index (χ0v) is 18.2. The standard InChI is InChI=1S/C23H18N6O2S/c1-15(30)24-17-9-7-16(8-10-17)22-26-28(18-11-13-19(31-2)14-12-18)29(27-22)23-25-20-5-3-4-6-21(20)32-23/h3-14H,1-2H3/p+1. The minimum Gasteiger partial charge on any atom is -0.497 e. The number of ether oxygens (including phenoxy) is 1. The molecule has 3 aromatic carbocycles. The number of fused-ring (bicyclic) bond motifs is 1. The first kappa shape index (κ1) is 19.8. The second kappa shape index (κ2) is 8.20. The lowest BCUT2D eigenvalue weighted by Gasteiger charge is -2.01. The highest BCUT2D eigenvalue weighted by molar-refractivity contribution is 7.20. The largest absolute Gasteiger partial charge is 0.497 e. The smallest absolute Gasteiger partial charge is 0.365 e. The van der Waals surface area contributed by atoms with Crippen molar-refractivity contribution in [1.29, 1.82) is 0 Å². The lowest BCUT2D eigenvalue weighted by atomic mass is 10.2. The second-order valence-electron chi connectivity index (χ2n) is 7.02. The first-order valence-corrected chi connectivity index (χ1v) is 10.7. The van der Waals surface area contributed by atoms with E-state index in [4.69, 9.17) is 19.9 Å². The van der Waals surface area contributed by atoms with E-state index in [0.717, 1.165) is 32.9 Å². The van der Waals surface area contributed by atoms with Gasteiger partial charge in [0.05, 0.1) is 11.8 Å². The summed E-state index contributed by atoms with van der Waals surface area (Å²) < 4.78 is 6.35. The number of hydrogen-bond donors (Lipinski definition) is 1. The third-order valence-corrected chi connectivity index (χ3v) is 5.78. The van der Waals surface area contributed by atoms with Crippen LogP contribution in [0.1, 0.15) is 6.92 Å². The third-order valence-electron chi connectivity index (χ3n) is 4.78. The zero-order valence-electron chi connectivity index (χ0n) is 17.4. The van der Waals surface area contributed by atoms with Gasteiger partial charge in [-0.15, -0.1) is 0 Å². The minimum absolute atomic E-state index is 0.117. The molecule has 2 heterocycles. The average molecular weight is 444 g/mol. The number of anilines is 1. The van der Waals surface area contributed by atoms with Crippen LogP contribution in [0.5, 0.6) is 5.75 Å². The van der Waals surface area contributed by atoms with Crippen LogP contribution in [0.15, 0.2) is 72.8 Å². The van der Waals surface area contributed by atoms with Gasteiger partial charge in [0.1, 0.15) is 11.4 Å². The summed E-state index contributed by atoms with van der Waals surface area (Å²) in [5.41, 5.74) is 3.26. The molecule has 0 fully saturated rings. The number of nitrogens with zero attached hydrogens (tertiary/aromatic N) is 5. The number of tetrazole rings is 1. The van der Waals surface area contributed by atoms with Crippen molar-refractivity contribution in [2.45, 2.75) is 6.92 Å². The normalized spacial score (nSPS) is 10.9. The summed E-state index contributed by atoms with van der Waals surface area (Å²) in [4.78, 5) is 19.4. The van der Waals surface area contributed by atoms with Gasteiger partial charge >= 0.3 is 5.13 Å². The summed E-state index contributed by atoms with van der Waals surface area (Å²) in [5.74, 6) is 1.18. The predicted molar refractivity (Wildman–Crippen MR) is 122 cm³/mol. The Balaban J connectivity index is 1.62. The van der Waals surface area contributed by atoms with Gasteiger partial charge in [-0.25, -0.2) is 0 Å². The van der Waals surface area contributed by atoms with Crippen LogP contribution in [0, 0.1) is 0 Å². The quantitative estimate of drug-likeness (QED) is 0.418. The van der Waals surface area contributed by atoms with Crippen LogP contribution in [0.25, 0.3) is 32.4 Å². The number of nitrogens with one attached hydrogen (secondary N) is 1. The lowest BCUT2D eigenvalue weighted by molar-refractivity contribution is -0.734. The Morgan fingerprint density at radius 2 is 1.78 bits per heavy atom. The number of aromatic nitrogens is 5. The van der Waals surface area contributed by atoms with Crippen LogP contribution in [-0.2, 0) is 4.79 Å². The first-order chi connectivity index (χ1) is 15.6. The molecular formula is C23H19N6O2S+. The van der Waals surface area contributed by atoms with Gasteiger partial charge < -0.3 is 10.1 Å². The SMILES string of the molecule is COc1ccc(-n2nc(-c3ccc(NC(C)=O)cc3)n[n+]2-c2nc3ccccc3s2)cc1. The van der Waals surface area contributed by atoms with Crippen molar-refractivity contribution < 1.29 is 14.3 Å². The molecule has 0 unspecified atom stereocenters. The van der Waals surface area contributed by atoms with Gasteiger partial charge in [0.25, 0.3) is 5.82 Å². The van der Waals surface area contributed by atoms with Crippen LogP contribution in [0.3, 0.4) is 0 Å². The molecular weight excluding hydrogens is 424 g/mol. The summed E-state index contributed by atoms with van der Waals surface area (Å²) in [6.07, 6.45) is 0. The molecule has 1 amide bonds. The molecule has 5 aromatic rings. The highest BCUT2D eigenvalue weighted by Gasteiger charge is 2.24. The monoisotopic (exact) mass is 443 g/mol. The van der Waals surface area contributed by atoms with E-state index < -0.39 is 0 Å². The molecule has 158 valence electrons. The van der Waals surface area contributed by atoms with Crippen molar-refractivity contribution in [3.63, 3.8) is 0 Å². The van der Waals surface area contributed by atoms with Gasteiger partial charge in [-0.1, -0.05) is 28.5 Å². The maximum atomic E-state index is 11.3. The molecule has 0 aliphatic heterocycles. The number of methoxy groups -OCH3 is 1.